The number of hydrogen-bond donors (Lipinski definition) is 3. The number of carbonyl (C=O) groups excluding carboxylic acids is 2. The minimum Gasteiger partial charge on any atom is -0.387 e. The van der Waals surface area contributed by atoms with Crippen molar-refractivity contribution in [2.45, 2.75) is 25.4 Å². The van der Waals surface area contributed by atoms with Crippen molar-refractivity contribution in [1.29, 1.82) is 0 Å². The van der Waals surface area contributed by atoms with Gasteiger partial charge in [-0.2, -0.15) is 0 Å². The summed E-state index contributed by atoms with van der Waals surface area (Å²) in [6.07, 6.45) is 1.34. The normalized spacial score (nSPS) is 20.5. The fourth-order valence-electron chi connectivity index (χ4n) is 3.09. The van der Waals surface area contributed by atoms with E-state index in [1.807, 2.05) is 19.0 Å². The molecule has 0 unspecified atom stereocenters. The first-order valence-corrected chi connectivity index (χ1v) is 8.19. The molecule has 3 amide bonds. The summed E-state index contributed by atoms with van der Waals surface area (Å²) in [5.74, 6) is -0.973. The van der Waals surface area contributed by atoms with E-state index in [2.05, 4.69) is 10.6 Å². The number of nitrogens with zero attached hydrogens (tertiary/aromatic N) is 2. The van der Waals surface area contributed by atoms with Crippen LogP contribution in [0.4, 0.5) is 20.6 Å². The van der Waals surface area contributed by atoms with Crippen molar-refractivity contribution in [3.8, 4) is 0 Å². The van der Waals surface area contributed by atoms with E-state index >= 15 is 0 Å². The fourth-order valence-corrected chi connectivity index (χ4v) is 3.09. The molecule has 8 heteroatoms. The molecule has 0 spiro atoms. The van der Waals surface area contributed by atoms with Crippen molar-refractivity contribution in [2.75, 3.05) is 44.4 Å². The second-order valence-corrected chi connectivity index (χ2v) is 6.79. The van der Waals surface area contributed by atoms with E-state index < -0.39 is 17.3 Å². The van der Waals surface area contributed by atoms with Gasteiger partial charge in [-0.25, -0.2) is 9.18 Å². The smallest absolute Gasteiger partial charge is 0.321 e. The molecule has 1 aromatic rings. The summed E-state index contributed by atoms with van der Waals surface area (Å²) in [5.41, 5.74) is -0.562. The largest absolute Gasteiger partial charge is 0.387 e. The van der Waals surface area contributed by atoms with Crippen molar-refractivity contribution in [2.24, 2.45) is 0 Å². The van der Waals surface area contributed by atoms with Crippen molar-refractivity contribution in [1.82, 2.24) is 9.80 Å². The molecule has 0 aliphatic carbocycles. The fraction of sp³-hybridized carbons (Fsp3) is 0.529. The molecular weight excluding hydrogens is 327 g/mol. The zero-order chi connectivity index (χ0) is 18.6. The Morgan fingerprint density at radius 3 is 2.72 bits per heavy atom. The zero-order valence-electron chi connectivity index (χ0n) is 14.8. The Morgan fingerprint density at radius 2 is 2.08 bits per heavy atom. The maximum Gasteiger partial charge on any atom is 0.321 e. The lowest BCUT2D eigenvalue weighted by Gasteiger charge is -2.40. The van der Waals surface area contributed by atoms with Gasteiger partial charge in [0.2, 0.25) is 5.91 Å². The average molecular weight is 352 g/mol. The molecule has 3 N–H and O–H groups in total. The van der Waals surface area contributed by atoms with E-state index in [4.69, 9.17) is 0 Å². The Morgan fingerprint density at radius 1 is 1.36 bits per heavy atom. The molecular formula is C17H25FN4O3. The Labute approximate surface area is 146 Å². The van der Waals surface area contributed by atoms with E-state index in [-0.39, 0.29) is 18.3 Å². The first kappa shape index (κ1) is 19.1. The minimum absolute atomic E-state index is 0.00746. The number of aliphatic hydroxyl groups is 1. The third-order valence-corrected chi connectivity index (χ3v) is 3.98. The molecule has 1 heterocycles. The van der Waals surface area contributed by atoms with Crippen molar-refractivity contribution in [3.63, 3.8) is 0 Å². The number of nitrogens with one attached hydrogen (secondary N) is 2. The number of anilines is 2. The summed E-state index contributed by atoms with van der Waals surface area (Å²) in [7, 11) is 3.75. The summed E-state index contributed by atoms with van der Waals surface area (Å²) in [6.45, 7) is 2.53. The second kappa shape index (κ2) is 7.79. The number of rotatable bonds is 4. The first-order chi connectivity index (χ1) is 11.7. The van der Waals surface area contributed by atoms with Crippen LogP contribution < -0.4 is 10.6 Å². The summed E-state index contributed by atoms with van der Waals surface area (Å²) >= 11 is 0. The molecule has 1 aromatic carbocycles. The summed E-state index contributed by atoms with van der Waals surface area (Å²) in [6, 6.07) is 3.61. The van der Waals surface area contributed by atoms with E-state index in [0.29, 0.717) is 31.6 Å². The number of β-amino-alcohol motifs (C(OH)–C–C–N with tert-alkyl or cyclic N) is 1. The van der Waals surface area contributed by atoms with Crippen LogP contribution in [0.3, 0.4) is 0 Å². The standard InChI is InChI=1S/C17H25FN4O3/c1-12(23)19-15-9-13(5-6-14(15)18)20-16(24)22-8-4-7-17(25,11-22)10-21(2)3/h5-6,9,25H,4,7-8,10-11H2,1-3H3,(H,19,23)(H,20,24)/t17-/m1/s1. The molecule has 138 valence electrons. The quantitative estimate of drug-likeness (QED) is 0.770. The molecule has 2 rings (SSSR count). The van der Waals surface area contributed by atoms with Crippen LogP contribution in [0.15, 0.2) is 18.2 Å². The van der Waals surface area contributed by atoms with Crippen LogP contribution in [0.2, 0.25) is 0 Å². The molecule has 0 saturated carbocycles. The van der Waals surface area contributed by atoms with Gasteiger partial charge in [0.25, 0.3) is 0 Å². The van der Waals surface area contributed by atoms with Gasteiger partial charge in [-0.15, -0.1) is 0 Å². The third-order valence-electron chi connectivity index (χ3n) is 3.98. The molecule has 1 atom stereocenters. The summed E-state index contributed by atoms with van der Waals surface area (Å²) in [4.78, 5) is 27.0. The van der Waals surface area contributed by atoms with Crippen LogP contribution in [0, 0.1) is 5.82 Å². The minimum atomic E-state index is -0.941. The van der Waals surface area contributed by atoms with Crippen LogP contribution in [-0.4, -0.2) is 66.2 Å². The molecule has 1 aliphatic heterocycles. The Hall–Kier alpha value is -2.19. The Bertz CT molecular complexity index is 653. The second-order valence-electron chi connectivity index (χ2n) is 6.79. The number of benzene rings is 1. The predicted molar refractivity (Wildman–Crippen MR) is 94.0 cm³/mol. The number of urea groups is 1. The van der Waals surface area contributed by atoms with Crippen molar-refractivity contribution in [3.05, 3.63) is 24.0 Å². The van der Waals surface area contributed by atoms with Crippen LogP contribution in [-0.2, 0) is 4.79 Å². The number of likely N-dealkylation sites (tertiary alicyclic amines) is 1. The predicted octanol–water partition coefficient (Wildman–Crippen LogP) is 1.70. The molecule has 25 heavy (non-hydrogen) atoms. The maximum absolute atomic E-state index is 13.7. The number of halogens is 1. The first-order valence-electron chi connectivity index (χ1n) is 8.19. The third kappa shape index (κ3) is 5.40. The highest BCUT2D eigenvalue weighted by Gasteiger charge is 2.35. The number of likely N-dealkylation sites (N-methyl/N-ethyl adjacent to an activating group) is 1. The van der Waals surface area contributed by atoms with Gasteiger partial charge < -0.3 is 25.5 Å². The lowest BCUT2D eigenvalue weighted by molar-refractivity contribution is -0.114. The van der Waals surface area contributed by atoms with Gasteiger partial charge in [-0.1, -0.05) is 0 Å². The number of carbonyl (C=O) groups is 2. The molecule has 1 aliphatic rings. The van der Waals surface area contributed by atoms with Crippen LogP contribution in [0.1, 0.15) is 19.8 Å². The number of amides is 3. The lowest BCUT2D eigenvalue weighted by Crippen LogP contribution is -2.55. The van der Waals surface area contributed by atoms with E-state index in [1.54, 1.807) is 4.90 Å². The van der Waals surface area contributed by atoms with Gasteiger partial charge in [0.1, 0.15) is 5.82 Å². The number of piperidine rings is 1. The molecule has 0 aromatic heterocycles. The highest BCUT2D eigenvalue weighted by Crippen LogP contribution is 2.24. The van der Waals surface area contributed by atoms with Gasteiger partial charge in [-0.3, -0.25) is 4.79 Å². The van der Waals surface area contributed by atoms with E-state index in [9.17, 15) is 19.1 Å². The maximum atomic E-state index is 13.7. The van der Waals surface area contributed by atoms with Crippen LogP contribution >= 0.6 is 0 Å². The van der Waals surface area contributed by atoms with Gasteiger partial charge in [0.15, 0.2) is 0 Å². The molecule has 1 fully saturated rings. The van der Waals surface area contributed by atoms with Gasteiger partial charge >= 0.3 is 6.03 Å². The monoisotopic (exact) mass is 352 g/mol. The lowest BCUT2D eigenvalue weighted by atomic mass is 9.92. The Kier molecular flexibility index (Phi) is 5.97. The average Bonchev–Trinajstić information content (AvgIpc) is 2.48. The molecule has 7 nitrogen and oxygen atoms in total. The van der Waals surface area contributed by atoms with E-state index in [1.165, 1.54) is 25.1 Å². The molecule has 1 saturated heterocycles. The highest BCUT2D eigenvalue weighted by molar-refractivity contribution is 5.92. The van der Waals surface area contributed by atoms with Crippen LogP contribution in [0.25, 0.3) is 0 Å². The zero-order valence-corrected chi connectivity index (χ0v) is 14.8. The Balaban J connectivity index is 2.05. The summed E-state index contributed by atoms with van der Waals surface area (Å²) < 4.78 is 13.7. The van der Waals surface area contributed by atoms with Crippen molar-refractivity contribution < 1.29 is 19.1 Å². The van der Waals surface area contributed by atoms with Crippen LogP contribution in [0.5, 0.6) is 0 Å². The SMILES string of the molecule is CC(=O)Nc1cc(NC(=O)N2CCC[C@@](O)(CN(C)C)C2)ccc1F. The number of hydrogen-bond acceptors (Lipinski definition) is 4. The topological polar surface area (TPSA) is 84.9 Å². The summed E-state index contributed by atoms with van der Waals surface area (Å²) in [5, 5.41) is 15.7. The van der Waals surface area contributed by atoms with Gasteiger partial charge in [0, 0.05) is 25.7 Å². The van der Waals surface area contributed by atoms with Gasteiger partial charge in [0.05, 0.1) is 17.8 Å². The van der Waals surface area contributed by atoms with E-state index in [0.717, 1.165) is 0 Å². The highest BCUT2D eigenvalue weighted by atomic mass is 19.1. The molecule has 0 radical (unpaired) electrons. The van der Waals surface area contributed by atoms with Crippen molar-refractivity contribution >= 4 is 23.3 Å². The molecule has 0 bridgehead atoms. The van der Waals surface area contributed by atoms with Gasteiger partial charge in [-0.05, 0) is 45.1 Å².